The van der Waals surface area contributed by atoms with Gasteiger partial charge in [0.05, 0.1) is 6.04 Å². The van der Waals surface area contributed by atoms with Crippen LogP contribution in [0.15, 0.2) is 0 Å². The second-order valence-electron chi connectivity index (χ2n) is 5.87. The standard InChI is InChI=1S/C12H24N2OS/c1-8(2)10(11(13)15)14-9-5-12(3,4)7-16-6-9/h8-10,14H,5-7H2,1-4H3,(H2,13,15). The van der Waals surface area contributed by atoms with Crippen LogP contribution in [0.2, 0.25) is 0 Å². The average molecular weight is 244 g/mol. The summed E-state index contributed by atoms with van der Waals surface area (Å²) in [6.07, 6.45) is 1.12. The summed E-state index contributed by atoms with van der Waals surface area (Å²) in [5.41, 5.74) is 5.78. The largest absolute Gasteiger partial charge is 0.368 e. The molecule has 1 saturated heterocycles. The molecule has 1 aliphatic heterocycles. The monoisotopic (exact) mass is 244 g/mol. The van der Waals surface area contributed by atoms with Crippen LogP contribution in [0, 0.1) is 11.3 Å². The second-order valence-corrected chi connectivity index (χ2v) is 6.90. The molecule has 0 aliphatic carbocycles. The number of hydrogen-bond donors (Lipinski definition) is 2. The highest BCUT2D eigenvalue weighted by atomic mass is 32.2. The Morgan fingerprint density at radius 3 is 2.56 bits per heavy atom. The molecule has 1 rings (SSSR count). The molecular weight excluding hydrogens is 220 g/mol. The summed E-state index contributed by atoms with van der Waals surface area (Å²) in [6.45, 7) is 8.62. The van der Waals surface area contributed by atoms with Crippen molar-refractivity contribution in [2.45, 2.75) is 46.2 Å². The summed E-state index contributed by atoms with van der Waals surface area (Å²) in [6, 6.07) is 0.216. The molecule has 0 saturated carbocycles. The van der Waals surface area contributed by atoms with Gasteiger partial charge in [0, 0.05) is 11.8 Å². The van der Waals surface area contributed by atoms with E-state index in [1.807, 2.05) is 25.6 Å². The van der Waals surface area contributed by atoms with Gasteiger partial charge in [0.25, 0.3) is 0 Å². The molecule has 2 unspecified atom stereocenters. The molecule has 3 N–H and O–H groups in total. The molecule has 0 bridgehead atoms. The number of thioether (sulfide) groups is 1. The van der Waals surface area contributed by atoms with Crippen LogP contribution in [0.25, 0.3) is 0 Å². The van der Waals surface area contributed by atoms with Gasteiger partial charge in [-0.2, -0.15) is 11.8 Å². The molecule has 1 amide bonds. The van der Waals surface area contributed by atoms with Gasteiger partial charge in [-0.3, -0.25) is 4.79 Å². The Kier molecular flexibility index (Phi) is 4.68. The smallest absolute Gasteiger partial charge is 0.234 e. The van der Waals surface area contributed by atoms with E-state index in [-0.39, 0.29) is 17.9 Å². The van der Waals surface area contributed by atoms with E-state index >= 15 is 0 Å². The normalized spacial score (nSPS) is 26.7. The SMILES string of the molecule is CC(C)C(NC1CSCC(C)(C)C1)C(N)=O. The third kappa shape index (κ3) is 3.98. The first-order chi connectivity index (χ1) is 7.32. The van der Waals surface area contributed by atoms with E-state index in [1.165, 1.54) is 5.75 Å². The third-order valence-corrected chi connectivity index (χ3v) is 4.62. The molecule has 16 heavy (non-hydrogen) atoms. The minimum absolute atomic E-state index is 0.195. The molecule has 0 aromatic rings. The number of carbonyl (C=O) groups excluding carboxylic acids is 1. The predicted molar refractivity (Wildman–Crippen MR) is 70.5 cm³/mol. The van der Waals surface area contributed by atoms with Crippen LogP contribution in [0.1, 0.15) is 34.1 Å². The molecule has 3 nitrogen and oxygen atoms in total. The molecule has 0 radical (unpaired) electrons. The first-order valence-corrected chi connectivity index (χ1v) is 7.10. The summed E-state index contributed by atoms with van der Waals surface area (Å²) in [4.78, 5) is 11.3. The zero-order valence-corrected chi connectivity index (χ0v) is 11.6. The molecular formula is C12H24N2OS. The topological polar surface area (TPSA) is 55.1 Å². The molecule has 0 aromatic heterocycles. The Morgan fingerprint density at radius 2 is 2.12 bits per heavy atom. The summed E-state index contributed by atoms with van der Waals surface area (Å²) in [7, 11) is 0. The fourth-order valence-corrected chi connectivity index (χ4v) is 3.51. The average Bonchev–Trinajstić information content (AvgIpc) is 2.11. The molecule has 1 heterocycles. The quantitative estimate of drug-likeness (QED) is 0.790. The van der Waals surface area contributed by atoms with E-state index in [4.69, 9.17) is 5.73 Å². The maximum absolute atomic E-state index is 11.3. The van der Waals surface area contributed by atoms with Crippen molar-refractivity contribution in [3.8, 4) is 0 Å². The minimum atomic E-state index is -0.233. The van der Waals surface area contributed by atoms with Gasteiger partial charge in [0.2, 0.25) is 5.91 Å². The van der Waals surface area contributed by atoms with Gasteiger partial charge in [0.15, 0.2) is 0 Å². The summed E-state index contributed by atoms with van der Waals surface area (Å²) < 4.78 is 0. The van der Waals surface area contributed by atoms with Gasteiger partial charge >= 0.3 is 0 Å². The summed E-state index contributed by atoms with van der Waals surface area (Å²) in [5, 5.41) is 3.42. The first kappa shape index (κ1) is 13.8. The number of amides is 1. The Morgan fingerprint density at radius 1 is 1.50 bits per heavy atom. The molecule has 94 valence electrons. The molecule has 1 aliphatic rings. The zero-order chi connectivity index (χ0) is 12.3. The third-order valence-electron chi connectivity index (χ3n) is 3.00. The van der Waals surface area contributed by atoms with Gasteiger partial charge < -0.3 is 11.1 Å². The number of rotatable bonds is 4. The van der Waals surface area contributed by atoms with Gasteiger partial charge in [-0.05, 0) is 23.5 Å². The highest BCUT2D eigenvalue weighted by Crippen LogP contribution is 2.33. The van der Waals surface area contributed by atoms with E-state index in [0.717, 1.165) is 12.2 Å². The Balaban J connectivity index is 2.55. The second kappa shape index (κ2) is 5.41. The highest BCUT2D eigenvalue weighted by Gasteiger charge is 2.31. The van der Waals surface area contributed by atoms with Crippen molar-refractivity contribution in [1.29, 1.82) is 0 Å². The lowest BCUT2D eigenvalue weighted by atomic mass is 9.87. The van der Waals surface area contributed by atoms with Crippen molar-refractivity contribution in [3.05, 3.63) is 0 Å². The number of primary amides is 1. The van der Waals surface area contributed by atoms with Gasteiger partial charge in [-0.15, -0.1) is 0 Å². The number of nitrogens with two attached hydrogens (primary N) is 1. The van der Waals surface area contributed by atoms with Crippen molar-refractivity contribution in [2.24, 2.45) is 17.1 Å². The summed E-state index contributed by atoms with van der Waals surface area (Å²) in [5.74, 6) is 2.31. The van der Waals surface area contributed by atoms with Crippen molar-refractivity contribution in [2.75, 3.05) is 11.5 Å². The van der Waals surface area contributed by atoms with Crippen LogP contribution in [0.3, 0.4) is 0 Å². The minimum Gasteiger partial charge on any atom is -0.368 e. The van der Waals surface area contributed by atoms with Gasteiger partial charge in [0.1, 0.15) is 0 Å². The lowest BCUT2D eigenvalue weighted by molar-refractivity contribution is -0.121. The van der Waals surface area contributed by atoms with E-state index in [2.05, 4.69) is 19.2 Å². The van der Waals surface area contributed by atoms with Crippen molar-refractivity contribution >= 4 is 17.7 Å². The fraction of sp³-hybridized carbons (Fsp3) is 0.917. The van der Waals surface area contributed by atoms with E-state index in [0.29, 0.717) is 11.5 Å². The van der Waals surface area contributed by atoms with Crippen molar-refractivity contribution < 1.29 is 4.79 Å². The molecule has 1 fully saturated rings. The van der Waals surface area contributed by atoms with Gasteiger partial charge in [-0.1, -0.05) is 27.7 Å². The van der Waals surface area contributed by atoms with Crippen LogP contribution < -0.4 is 11.1 Å². The van der Waals surface area contributed by atoms with Crippen LogP contribution in [-0.2, 0) is 4.79 Å². The number of hydrogen-bond acceptors (Lipinski definition) is 3. The van der Waals surface area contributed by atoms with Crippen LogP contribution >= 0.6 is 11.8 Å². The van der Waals surface area contributed by atoms with E-state index in [1.54, 1.807) is 0 Å². The summed E-state index contributed by atoms with van der Waals surface area (Å²) >= 11 is 1.96. The predicted octanol–water partition coefficient (Wildman–Crippen LogP) is 1.62. The lowest BCUT2D eigenvalue weighted by Gasteiger charge is -2.37. The van der Waals surface area contributed by atoms with E-state index < -0.39 is 0 Å². The Bertz CT molecular complexity index is 253. The van der Waals surface area contributed by atoms with Gasteiger partial charge in [-0.25, -0.2) is 0 Å². The molecule has 0 aromatic carbocycles. The maximum atomic E-state index is 11.3. The maximum Gasteiger partial charge on any atom is 0.234 e. The van der Waals surface area contributed by atoms with Crippen LogP contribution in [0.4, 0.5) is 0 Å². The Labute approximate surface area is 103 Å². The molecule has 4 heteroatoms. The lowest BCUT2D eigenvalue weighted by Crippen LogP contribution is -2.52. The van der Waals surface area contributed by atoms with Crippen molar-refractivity contribution in [3.63, 3.8) is 0 Å². The highest BCUT2D eigenvalue weighted by molar-refractivity contribution is 7.99. The van der Waals surface area contributed by atoms with Crippen LogP contribution in [0.5, 0.6) is 0 Å². The number of nitrogens with one attached hydrogen (secondary N) is 1. The molecule has 0 spiro atoms. The van der Waals surface area contributed by atoms with E-state index in [9.17, 15) is 4.79 Å². The molecule has 2 atom stereocenters. The Hall–Kier alpha value is -0.220. The number of carbonyl (C=O) groups is 1. The zero-order valence-electron chi connectivity index (χ0n) is 10.7. The van der Waals surface area contributed by atoms with Crippen LogP contribution in [-0.4, -0.2) is 29.5 Å². The van der Waals surface area contributed by atoms with Crippen molar-refractivity contribution in [1.82, 2.24) is 5.32 Å². The first-order valence-electron chi connectivity index (χ1n) is 5.95. The fourth-order valence-electron chi connectivity index (χ4n) is 2.23.